The lowest BCUT2D eigenvalue weighted by atomic mass is 9.92. The molecule has 6 rings (SSSR count). The van der Waals surface area contributed by atoms with E-state index >= 15 is 0 Å². The van der Waals surface area contributed by atoms with Crippen molar-refractivity contribution < 1.29 is 17.9 Å². The largest absolute Gasteiger partial charge is 0.455 e. The van der Waals surface area contributed by atoms with E-state index in [0.29, 0.717) is 22.8 Å². The molecule has 0 aliphatic heterocycles. The molecule has 42 heavy (non-hydrogen) atoms. The summed E-state index contributed by atoms with van der Waals surface area (Å²) in [6, 6.07) is 40.7. The van der Waals surface area contributed by atoms with Crippen LogP contribution in [0.1, 0.15) is 11.1 Å². The van der Waals surface area contributed by atoms with E-state index in [-0.39, 0.29) is 0 Å². The molecule has 0 atom stereocenters. The van der Waals surface area contributed by atoms with E-state index in [9.17, 15) is 13.2 Å². The third kappa shape index (κ3) is 5.37. The topological polar surface area (TPSA) is 35.2 Å². The third-order valence-electron chi connectivity index (χ3n) is 7.29. The predicted octanol–water partition coefficient (Wildman–Crippen LogP) is 10.5. The zero-order valence-corrected chi connectivity index (χ0v) is 22.5. The molecule has 0 unspecified atom stereocenters. The smallest absolute Gasteiger partial charge is 0.416 e. The van der Waals surface area contributed by atoms with E-state index < -0.39 is 11.7 Å². The summed E-state index contributed by atoms with van der Waals surface area (Å²) < 4.78 is 45.6. The fraction of sp³-hybridized carbons (Fsp3) is 0.0270. The van der Waals surface area contributed by atoms with Gasteiger partial charge in [-0.2, -0.15) is 13.2 Å². The van der Waals surface area contributed by atoms with Crippen LogP contribution in [0.25, 0.3) is 49.9 Å². The maximum Gasteiger partial charge on any atom is 0.416 e. The zero-order chi connectivity index (χ0) is 29.3. The summed E-state index contributed by atoms with van der Waals surface area (Å²) in [6.45, 7) is 4.18. The van der Waals surface area contributed by atoms with Crippen LogP contribution >= 0.6 is 0 Å². The van der Waals surface area contributed by atoms with Crippen molar-refractivity contribution in [1.29, 1.82) is 0 Å². The molecule has 2 nitrogen and oxygen atoms in total. The lowest BCUT2D eigenvalue weighted by Gasteiger charge is -2.16. The highest BCUT2D eigenvalue weighted by Crippen LogP contribution is 2.37. The average Bonchev–Trinajstić information content (AvgIpc) is 3.01. The van der Waals surface area contributed by atoms with Gasteiger partial charge in [-0.25, -0.2) is 0 Å². The van der Waals surface area contributed by atoms with Crippen molar-refractivity contribution in [2.75, 3.05) is 5.73 Å². The van der Waals surface area contributed by atoms with Crippen molar-refractivity contribution in [3.8, 4) is 39.1 Å². The van der Waals surface area contributed by atoms with Crippen molar-refractivity contribution >= 4 is 22.2 Å². The van der Waals surface area contributed by atoms with Gasteiger partial charge in [-0.3, -0.25) is 0 Å². The van der Waals surface area contributed by atoms with Gasteiger partial charge in [0.1, 0.15) is 11.5 Å². The molecule has 0 saturated carbocycles. The van der Waals surface area contributed by atoms with Gasteiger partial charge in [-0.05, 0) is 80.6 Å². The van der Waals surface area contributed by atoms with E-state index in [2.05, 4.69) is 30.8 Å². The highest BCUT2D eigenvalue weighted by Gasteiger charge is 2.30. The van der Waals surface area contributed by atoms with Crippen LogP contribution in [0.3, 0.4) is 0 Å². The summed E-state index contributed by atoms with van der Waals surface area (Å²) >= 11 is 0. The van der Waals surface area contributed by atoms with Crippen LogP contribution in [0.5, 0.6) is 5.75 Å². The van der Waals surface area contributed by atoms with Crippen LogP contribution in [-0.2, 0) is 6.18 Å². The van der Waals surface area contributed by atoms with Gasteiger partial charge in [0.15, 0.2) is 0 Å². The van der Waals surface area contributed by atoms with E-state index in [0.717, 1.165) is 50.2 Å². The first-order valence-corrected chi connectivity index (χ1v) is 13.4. The van der Waals surface area contributed by atoms with Crippen LogP contribution < -0.4 is 10.5 Å². The summed E-state index contributed by atoms with van der Waals surface area (Å²) in [4.78, 5) is 0. The molecule has 5 heteroatoms. The number of alkyl halides is 3. The second-order valence-electron chi connectivity index (χ2n) is 10.0. The Morgan fingerprint density at radius 3 is 1.86 bits per heavy atom. The predicted molar refractivity (Wildman–Crippen MR) is 166 cm³/mol. The zero-order valence-electron chi connectivity index (χ0n) is 22.5. The number of rotatable bonds is 6. The standard InChI is InChI=1S/C37H26F3NO/c1-24(42-36-15-5-4-14-35(36)41)31-20-21-32(34-13-3-2-12-33(31)34)29-10-6-8-27(22-29)25-16-18-26(19-17-25)28-9-7-11-30(23-28)37(38,39)40/h2-23H,1,41H2. The van der Waals surface area contributed by atoms with Crippen molar-refractivity contribution in [3.05, 3.63) is 151 Å². The molecule has 0 saturated heterocycles. The summed E-state index contributed by atoms with van der Waals surface area (Å²) in [6.07, 6.45) is -4.38. The van der Waals surface area contributed by atoms with Crippen molar-refractivity contribution in [2.24, 2.45) is 0 Å². The van der Waals surface area contributed by atoms with Crippen LogP contribution in [0, 0.1) is 0 Å². The van der Waals surface area contributed by atoms with Gasteiger partial charge in [-0.1, -0.05) is 104 Å². The van der Waals surface area contributed by atoms with E-state index in [1.165, 1.54) is 12.1 Å². The molecule has 0 aliphatic rings. The van der Waals surface area contributed by atoms with Gasteiger partial charge in [0, 0.05) is 5.56 Å². The monoisotopic (exact) mass is 557 g/mol. The SMILES string of the molecule is C=C(Oc1ccccc1N)c1ccc(-c2cccc(-c3ccc(-c4cccc(C(F)(F)F)c4)cc3)c2)c2ccccc12. The normalized spacial score (nSPS) is 11.4. The van der Waals surface area contributed by atoms with Gasteiger partial charge in [-0.15, -0.1) is 0 Å². The lowest BCUT2D eigenvalue weighted by molar-refractivity contribution is -0.137. The third-order valence-corrected chi connectivity index (χ3v) is 7.29. The molecule has 0 amide bonds. The minimum Gasteiger partial charge on any atom is -0.455 e. The highest BCUT2D eigenvalue weighted by molar-refractivity contribution is 6.02. The molecule has 0 bridgehead atoms. The van der Waals surface area contributed by atoms with Gasteiger partial charge >= 0.3 is 6.18 Å². The van der Waals surface area contributed by atoms with Crippen LogP contribution in [0.15, 0.2) is 140 Å². The number of nitrogen functional groups attached to an aromatic ring is 1. The molecular weight excluding hydrogens is 531 g/mol. The average molecular weight is 558 g/mol. The molecule has 0 fully saturated rings. The lowest BCUT2D eigenvalue weighted by Crippen LogP contribution is -2.04. The van der Waals surface area contributed by atoms with Crippen LogP contribution in [0.4, 0.5) is 18.9 Å². The van der Waals surface area contributed by atoms with Gasteiger partial charge in [0.05, 0.1) is 11.3 Å². The maximum absolute atomic E-state index is 13.2. The molecule has 6 aromatic rings. The fourth-order valence-corrected chi connectivity index (χ4v) is 5.15. The second-order valence-corrected chi connectivity index (χ2v) is 10.0. The summed E-state index contributed by atoms with van der Waals surface area (Å²) in [7, 11) is 0. The minimum absolute atomic E-state index is 0.505. The summed E-state index contributed by atoms with van der Waals surface area (Å²) in [5.74, 6) is 1.06. The number of fused-ring (bicyclic) bond motifs is 1. The number of halogens is 3. The van der Waals surface area contributed by atoms with Gasteiger partial charge in [0.25, 0.3) is 0 Å². The molecule has 0 heterocycles. The number of para-hydroxylation sites is 2. The van der Waals surface area contributed by atoms with Crippen molar-refractivity contribution in [3.63, 3.8) is 0 Å². The second kappa shape index (κ2) is 10.9. The Bertz CT molecular complexity index is 1920. The first-order chi connectivity index (χ1) is 20.3. The van der Waals surface area contributed by atoms with Crippen LogP contribution in [0.2, 0.25) is 0 Å². The number of hydrogen-bond acceptors (Lipinski definition) is 2. The van der Waals surface area contributed by atoms with E-state index in [1.54, 1.807) is 12.1 Å². The van der Waals surface area contributed by atoms with E-state index in [1.807, 2.05) is 78.9 Å². The van der Waals surface area contributed by atoms with E-state index in [4.69, 9.17) is 10.5 Å². The molecule has 0 spiro atoms. The highest BCUT2D eigenvalue weighted by atomic mass is 19.4. The Morgan fingerprint density at radius 2 is 1.17 bits per heavy atom. The first-order valence-electron chi connectivity index (χ1n) is 13.4. The van der Waals surface area contributed by atoms with Gasteiger partial charge in [0.2, 0.25) is 0 Å². The number of anilines is 1. The first kappa shape index (κ1) is 26.9. The number of nitrogens with two attached hydrogens (primary N) is 1. The molecule has 0 radical (unpaired) electrons. The Hall–Kier alpha value is -5.29. The molecule has 206 valence electrons. The number of hydrogen-bond donors (Lipinski definition) is 1. The quantitative estimate of drug-likeness (QED) is 0.163. The molecule has 2 N–H and O–H groups in total. The fourth-order valence-electron chi connectivity index (χ4n) is 5.15. The molecule has 6 aromatic carbocycles. The van der Waals surface area contributed by atoms with Crippen molar-refractivity contribution in [1.82, 2.24) is 0 Å². The molecule has 0 aromatic heterocycles. The summed E-state index contributed by atoms with van der Waals surface area (Å²) in [5.41, 5.74) is 12.1. The Labute approximate surface area is 242 Å². The Morgan fingerprint density at radius 1 is 0.571 bits per heavy atom. The molecule has 0 aliphatic carbocycles. The number of ether oxygens (including phenoxy) is 1. The number of benzene rings is 6. The Balaban J connectivity index is 1.32. The maximum atomic E-state index is 13.2. The minimum atomic E-state index is -4.38. The molecular formula is C37H26F3NO. The Kier molecular flexibility index (Phi) is 7.01. The van der Waals surface area contributed by atoms with Crippen molar-refractivity contribution in [2.45, 2.75) is 6.18 Å². The van der Waals surface area contributed by atoms with Gasteiger partial charge < -0.3 is 10.5 Å². The van der Waals surface area contributed by atoms with Crippen LogP contribution in [-0.4, -0.2) is 0 Å². The summed E-state index contributed by atoms with van der Waals surface area (Å²) in [5, 5.41) is 2.06.